The summed E-state index contributed by atoms with van der Waals surface area (Å²) in [6.45, 7) is 8.23. The Balaban J connectivity index is 1.47. The third-order valence-corrected chi connectivity index (χ3v) is 4.46. The second-order valence-electron chi connectivity index (χ2n) is 4.94. The van der Waals surface area contributed by atoms with Crippen LogP contribution in [0.4, 0.5) is 0 Å². The SMILES string of the molecule is c1nc(CN2CCN(C3CCNC3)CC2)cs1. The van der Waals surface area contributed by atoms with E-state index in [0.717, 1.165) is 12.6 Å². The molecule has 2 saturated heterocycles. The standard InChI is InChI=1S/C12H20N4S/c1-2-13-7-12(1)16-5-3-15(4-6-16)8-11-9-17-10-14-11/h9-10,12-13H,1-8H2. The Bertz CT molecular complexity index is 326. The van der Waals surface area contributed by atoms with Crippen LogP contribution in [0.3, 0.4) is 0 Å². The molecule has 3 heterocycles. The van der Waals surface area contributed by atoms with Crippen LogP contribution in [-0.4, -0.2) is 60.1 Å². The molecule has 0 radical (unpaired) electrons. The van der Waals surface area contributed by atoms with Crippen molar-refractivity contribution >= 4 is 11.3 Å². The van der Waals surface area contributed by atoms with Crippen LogP contribution < -0.4 is 5.32 Å². The summed E-state index contributed by atoms with van der Waals surface area (Å²) in [6, 6.07) is 0.788. The van der Waals surface area contributed by atoms with Crippen LogP contribution in [0.5, 0.6) is 0 Å². The van der Waals surface area contributed by atoms with Gasteiger partial charge in [0, 0.05) is 50.7 Å². The van der Waals surface area contributed by atoms with Crippen molar-refractivity contribution in [2.75, 3.05) is 39.3 Å². The van der Waals surface area contributed by atoms with Crippen molar-refractivity contribution in [1.29, 1.82) is 0 Å². The lowest BCUT2D eigenvalue weighted by atomic mass is 10.2. The summed E-state index contributed by atoms with van der Waals surface area (Å²) in [5, 5.41) is 5.61. The molecule has 1 aromatic heterocycles. The van der Waals surface area contributed by atoms with Gasteiger partial charge in [-0.15, -0.1) is 11.3 Å². The number of nitrogens with one attached hydrogen (secondary N) is 1. The lowest BCUT2D eigenvalue weighted by Crippen LogP contribution is -2.50. The zero-order chi connectivity index (χ0) is 11.5. The van der Waals surface area contributed by atoms with Gasteiger partial charge in [0.05, 0.1) is 11.2 Å². The summed E-state index contributed by atoms with van der Waals surface area (Å²) < 4.78 is 0. The lowest BCUT2D eigenvalue weighted by Gasteiger charge is -2.37. The van der Waals surface area contributed by atoms with E-state index in [0.29, 0.717) is 0 Å². The maximum atomic E-state index is 4.36. The molecular formula is C12H20N4S. The van der Waals surface area contributed by atoms with Crippen molar-refractivity contribution < 1.29 is 0 Å². The minimum absolute atomic E-state index is 0.788. The van der Waals surface area contributed by atoms with Crippen LogP contribution in [0.25, 0.3) is 0 Å². The van der Waals surface area contributed by atoms with Crippen molar-refractivity contribution in [3.63, 3.8) is 0 Å². The summed E-state index contributed by atoms with van der Waals surface area (Å²) >= 11 is 1.69. The number of hydrogen-bond donors (Lipinski definition) is 1. The van der Waals surface area contributed by atoms with E-state index in [-0.39, 0.29) is 0 Å². The third-order valence-electron chi connectivity index (χ3n) is 3.83. The molecule has 5 heteroatoms. The van der Waals surface area contributed by atoms with E-state index in [1.807, 2.05) is 5.51 Å². The van der Waals surface area contributed by atoms with Gasteiger partial charge in [0.2, 0.25) is 0 Å². The van der Waals surface area contributed by atoms with Gasteiger partial charge in [-0.1, -0.05) is 0 Å². The maximum Gasteiger partial charge on any atom is 0.0795 e. The van der Waals surface area contributed by atoms with Crippen LogP contribution >= 0.6 is 11.3 Å². The average molecular weight is 252 g/mol. The molecule has 1 unspecified atom stereocenters. The van der Waals surface area contributed by atoms with E-state index in [1.54, 1.807) is 11.3 Å². The average Bonchev–Trinajstić information content (AvgIpc) is 3.01. The molecule has 1 aromatic rings. The highest BCUT2D eigenvalue weighted by Crippen LogP contribution is 2.13. The van der Waals surface area contributed by atoms with Gasteiger partial charge in [0.1, 0.15) is 0 Å². The Morgan fingerprint density at radius 1 is 1.35 bits per heavy atom. The van der Waals surface area contributed by atoms with Crippen LogP contribution in [0.2, 0.25) is 0 Å². The van der Waals surface area contributed by atoms with E-state index in [4.69, 9.17) is 0 Å². The molecule has 1 N–H and O–H groups in total. The molecule has 0 amide bonds. The molecule has 0 spiro atoms. The Kier molecular flexibility index (Phi) is 3.71. The summed E-state index contributed by atoms with van der Waals surface area (Å²) in [6.07, 6.45) is 1.33. The number of rotatable bonds is 3. The molecule has 2 aliphatic rings. The van der Waals surface area contributed by atoms with Gasteiger partial charge in [-0.3, -0.25) is 9.80 Å². The quantitative estimate of drug-likeness (QED) is 0.855. The summed E-state index contributed by atoms with van der Waals surface area (Å²) in [7, 11) is 0. The first-order valence-electron chi connectivity index (χ1n) is 6.46. The topological polar surface area (TPSA) is 31.4 Å². The molecule has 0 aromatic carbocycles. The van der Waals surface area contributed by atoms with Crippen LogP contribution in [-0.2, 0) is 6.54 Å². The number of hydrogen-bond acceptors (Lipinski definition) is 5. The molecule has 17 heavy (non-hydrogen) atoms. The third kappa shape index (κ3) is 2.85. The first-order chi connectivity index (χ1) is 8.42. The molecule has 0 bridgehead atoms. The molecule has 2 fully saturated rings. The van der Waals surface area contributed by atoms with E-state index in [9.17, 15) is 0 Å². The first kappa shape index (κ1) is 11.6. The van der Waals surface area contributed by atoms with Crippen LogP contribution in [0.15, 0.2) is 10.9 Å². The van der Waals surface area contributed by atoms with Crippen LogP contribution in [0, 0.1) is 0 Å². The van der Waals surface area contributed by atoms with Crippen molar-refractivity contribution in [3.05, 3.63) is 16.6 Å². The monoisotopic (exact) mass is 252 g/mol. The van der Waals surface area contributed by atoms with Gasteiger partial charge < -0.3 is 5.32 Å². The molecule has 0 saturated carbocycles. The number of piperazine rings is 1. The van der Waals surface area contributed by atoms with Crippen molar-refractivity contribution in [1.82, 2.24) is 20.1 Å². The largest absolute Gasteiger partial charge is 0.315 e. The minimum atomic E-state index is 0.788. The number of thiazole rings is 1. The van der Waals surface area contributed by atoms with E-state index < -0.39 is 0 Å². The van der Waals surface area contributed by atoms with E-state index in [1.165, 1.54) is 51.4 Å². The lowest BCUT2D eigenvalue weighted by molar-refractivity contribution is 0.0975. The molecule has 3 rings (SSSR count). The first-order valence-corrected chi connectivity index (χ1v) is 7.40. The van der Waals surface area contributed by atoms with Gasteiger partial charge in [-0.2, -0.15) is 0 Å². The summed E-state index contributed by atoms with van der Waals surface area (Å²) in [5.74, 6) is 0. The fraction of sp³-hybridized carbons (Fsp3) is 0.750. The Morgan fingerprint density at radius 3 is 2.88 bits per heavy atom. The molecule has 0 aliphatic carbocycles. The molecular weight excluding hydrogens is 232 g/mol. The van der Waals surface area contributed by atoms with Gasteiger partial charge in [-0.25, -0.2) is 4.98 Å². The van der Waals surface area contributed by atoms with E-state index >= 15 is 0 Å². The fourth-order valence-electron chi connectivity index (χ4n) is 2.78. The fourth-order valence-corrected chi connectivity index (χ4v) is 3.33. The second-order valence-corrected chi connectivity index (χ2v) is 5.66. The molecule has 2 aliphatic heterocycles. The Labute approximate surface area is 107 Å². The Hall–Kier alpha value is -0.490. The number of aromatic nitrogens is 1. The van der Waals surface area contributed by atoms with Crippen molar-refractivity contribution in [2.24, 2.45) is 0 Å². The number of nitrogens with zero attached hydrogens (tertiary/aromatic N) is 3. The normalized spacial score (nSPS) is 27.6. The zero-order valence-electron chi connectivity index (χ0n) is 10.1. The van der Waals surface area contributed by atoms with Gasteiger partial charge in [0.15, 0.2) is 0 Å². The summed E-state index contributed by atoms with van der Waals surface area (Å²) in [4.78, 5) is 9.53. The molecule has 4 nitrogen and oxygen atoms in total. The predicted molar refractivity (Wildman–Crippen MR) is 70.2 cm³/mol. The van der Waals surface area contributed by atoms with Gasteiger partial charge >= 0.3 is 0 Å². The Morgan fingerprint density at radius 2 is 2.24 bits per heavy atom. The minimum Gasteiger partial charge on any atom is -0.315 e. The van der Waals surface area contributed by atoms with Gasteiger partial charge in [-0.05, 0) is 13.0 Å². The highest BCUT2D eigenvalue weighted by Gasteiger charge is 2.25. The highest BCUT2D eigenvalue weighted by atomic mass is 32.1. The molecule has 94 valence electrons. The smallest absolute Gasteiger partial charge is 0.0795 e. The van der Waals surface area contributed by atoms with Crippen molar-refractivity contribution in [3.8, 4) is 0 Å². The van der Waals surface area contributed by atoms with Crippen molar-refractivity contribution in [2.45, 2.75) is 19.0 Å². The van der Waals surface area contributed by atoms with Crippen LogP contribution in [0.1, 0.15) is 12.1 Å². The molecule has 1 atom stereocenters. The zero-order valence-corrected chi connectivity index (χ0v) is 11.0. The van der Waals surface area contributed by atoms with Gasteiger partial charge in [0.25, 0.3) is 0 Å². The maximum absolute atomic E-state index is 4.36. The summed E-state index contributed by atoms with van der Waals surface area (Å²) in [5.41, 5.74) is 3.15. The highest BCUT2D eigenvalue weighted by molar-refractivity contribution is 7.07. The van der Waals surface area contributed by atoms with E-state index in [2.05, 4.69) is 25.5 Å². The predicted octanol–water partition coefficient (Wildman–Crippen LogP) is 0.623. The second kappa shape index (κ2) is 5.44.